The van der Waals surface area contributed by atoms with Gasteiger partial charge in [0.15, 0.2) is 6.29 Å². The molecule has 4 nitrogen and oxygen atoms in total. The van der Waals surface area contributed by atoms with Gasteiger partial charge >= 0.3 is 12.1 Å². The number of fused-ring (bicyclic) bond motifs is 1. The van der Waals surface area contributed by atoms with Gasteiger partial charge in [0.05, 0.1) is 13.2 Å². The van der Waals surface area contributed by atoms with E-state index in [1.54, 1.807) is 0 Å². The molecule has 0 bridgehead atoms. The number of halogens is 3. The van der Waals surface area contributed by atoms with Crippen molar-refractivity contribution in [2.24, 2.45) is 5.92 Å². The van der Waals surface area contributed by atoms with Gasteiger partial charge in [0.25, 0.3) is 5.60 Å². The first-order valence-electron chi connectivity index (χ1n) is 5.44. The molecule has 7 heteroatoms. The summed E-state index contributed by atoms with van der Waals surface area (Å²) in [6.45, 7) is 1.70. The van der Waals surface area contributed by atoms with E-state index in [0.29, 0.717) is 13.0 Å². The molecule has 2 aliphatic heterocycles. The van der Waals surface area contributed by atoms with Crippen molar-refractivity contribution in [2.75, 3.05) is 13.2 Å². The summed E-state index contributed by atoms with van der Waals surface area (Å²) in [5, 5.41) is 0. The van der Waals surface area contributed by atoms with Crippen LogP contribution in [-0.4, -0.2) is 37.3 Å². The summed E-state index contributed by atoms with van der Waals surface area (Å²) < 4.78 is 53.4. The molecule has 0 N–H and O–H groups in total. The average molecular weight is 254 g/mol. The summed E-state index contributed by atoms with van der Waals surface area (Å²) in [5.41, 5.74) is -2.85. The van der Waals surface area contributed by atoms with Crippen LogP contribution in [0.4, 0.5) is 13.2 Å². The lowest BCUT2D eigenvalue weighted by atomic mass is 9.92. The third-order valence-corrected chi connectivity index (χ3v) is 3.09. The normalized spacial score (nSPS) is 36.9. The van der Waals surface area contributed by atoms with Crippen LogP contribution in [0.15, 0.2) is 0 Å². The third kappa shape index (κ3) is 1.91. The summed E-state index contributed by atoms with van der Waals surface area (Å²) in [6, 6.07) is 0. The standard InChI is InChI=1S/C10H13F3O4/c1-2-15-8(14)9(10(11,12)13)5-6-3-4-16-7(6)17-9/h6-7H,2-5H2,1H3/t6-,7+,9-/m0/s1. The summed E-state index contributed by atoms with van der Waals surface area (Å²) in [4.78, 5) is 11.5. The molecule has 0 aliphatic carbocycles. The van der Waals surface area contributed by atoms with Crippen LogP contribution in [0, 0.1) is 5.92 Å². The zero-order chi connectivity index (χ0) is 12.7. The number of ether oxygens (including phenoxy) is 3. The van der Waals surface area contributed by atoms with Crippen LogP contribution in [0.2, 0.25) is 0 Å². The van der Waals surface area contributed by atoms with Crippen molar-refractivity contribution >= 4 is 5.97 Å². The molecule has 0 aromatic carbocycles. The van der Waals surface area contributed by atoms with Gasteiger partial charge in [-0.15, -0.1) is 0 Å². The van der Waals surface area contributed by atoms with Gasteiger partial charge in [-0.3, -0.25) is 0 Å². The Morgan fingerprint density at radius 3 is 2.76 bits per heavy atom. The Morgan fingerprint density at radius 2 is 2.24 bits per heavy atom. The van der Waals surface area contributed by atoms with Gasteiger partial charge in [-0.1, -0.05) is 0 Å². The molecule has 2 rings (SSSR count). The highest BCUT2D eigenvalue weighted by Crippen LogP contribution is 2.49. The number of rotatable bonds is 2. The molecule has 0 unspecified atom stereocenters. The van der Waals surface area contributed by atoms with Gasteiger partial charge in [0, 0.05) is 12.3 Å². The molecule has 17 heavy (non-hydrogen) atoms. The fourth-order valence-corrected chi connectivity index (χ4v) is 2.23. The van der Waals surface area contributed by atoms with Crippen LogP contribution >= 0.6 is 0 Å². The number of esters is 1. The van der Waals surface area contributed by atoms with Gasteiger partial charge in [0.1, 0.15) is 0 Å². The van der Waals surface area contributed by atoms with E-state index in [1.807, 2.05) is 0 Å². The molecular formula is C10H13F3O4. The highest BCUT2D eigenvalue weighted by atomic mass is 19.4. The first-order valence-corrected chi connectivity index (χ1v) is 5.44. The fourth-order valence-electron chi connectivity index (χ4n) is 2.23. The molecule has 2 heterocycles. The fraction of sp³-hybridized carbons (Fsp3) is 0.900. The van der Waals surface area contributed by atoms with Crippen LogP contribution in [0.5, 0.6) is 0 Å². The highest BCUT2D eigenvalue weighted by molar-refractivity contribution is 5.81. The molecule has 0 saturated carbocycles. The number of alkyl halides is 3. The molecule has 2 aliphatic rings. The summed E-state index contributed by atoms with van der Waals surface area (Å²) in [5.74, 6) is -1.76. The Kier molecular flexibility index (Phi) is 3.07. The lowest BCUT2D eigenvalue weighted by Crippen LogP contribution is -2.53. The summed E-state index contributed by atoms with van der Waals surface area (Å²) in [7, 11) is 0. The lowest BCUT2D eigenvalue weighted by molar-refractivity contribution is -0.291. The molecule has 0 aromatic rings. The van der Waals surface area contributed by atoms with Crippen LogP contribution in [0.1, 0.15) is 19.8 Å². The van der Waals surface area contributed by atoms with Crippen molar-refractivity contribution in [1.82, 2.24) is 0 Å². The van der Waals surface area contributed by atoms with Crippen molar-refractivity contribution < 1.29 is 32.2 Å². The number of hydrogen-bond donors (Lipinski definition) is 0. The monoisotopic (exact) mass is 254 g/mol. The van der Waals surface area contributed by atoms with Gasteiger partial charge < -0.3 is 14.2 Å². The van der Waals surface area contributed by atoms with E-state index in [2.05, 4.69) is 4.74 Å². The Bertz CT molecular complexity index is 303. The minimum Gasteiger partial charge on any atom is -0.464 e. The first-order chi connectivity index (χ1) is 7.90. The topological polar surface area (TPSA) is 44.8 Å². The van der Waals surface area contributed by atoms with Crippen molar-refractivity contribution in [3.63, 3.8) is 0 Å². The molecular weight excluding hydrogens is 241 g/mol. The molecule has 98 valence electrons. The van der Waals surface area contributed by atoms with E-state index in [1.165, 1.54) is 6.92 Å². The Hall–Kier alpha value is -0.820. The Balaban J connectivity index is 2.24. The Labute approximate surface area is 96.0 Å². The summed E-state index contributed by atoms with van der Waals surface area (Å²) >= 11 is 0. The minimum atomic E-state index is -4.78. The molecule has 0 radical (unpaired) electrons. The van der Waals surface area contributed by atoms with Crippen molar-refractivity contribution in [1.29, 1.82) is 0 Å². The van der Waals surface area contributed by atoms with Crippen LogP contribution < -0.4 is 0 Å². The number of carbonyl (C=O) groups excluding carboxylic acids is 1. The second-order valence-electron chi connectivity index (χ2n) is 4.16. The zero-order valence-corrected chi connectivity index (χ0v) is 9.25. The maximum Gasteiger partial charge on any atom is 0.428 e. The molecule has 0 spiro atoms. The van der Waals surface area contributed by atoms with E-state index in [-0.39, 0.29) is 12.5 Å². The first kappa shape index (κ1) is 12.6. The third-order valence-electron chi connectivity index (χ3n) is 3.09. The van der Waals surface area contributed by atoms with E-state index < -0.39 is 30.5 Å². The molecule has 0 aromatic heterocycles. The van der Waals surface area contributed by atoms with E-state index in [9.17, 15) is 18.0 Å². The number of hydrogen-bond acceptors (Lipinski definition) is 4. The number of carbonyl (C=O) groups is 1. The van der Waals surface area contributed by atoms with Crippen LogP contribution in [0.3, 0.4) is 0 Å². The predicted molar refractivity (Wildman–Crippen MR) is 49.0 cm³/mol. The molecule has 2 fully saturated rings. The predicted octanol–water partition coefficient (Wildman–Crippen LogP) is 1.63. The molecule has 0 amide bonds. The maximum atomic E-state index is 13.0. The van der Waals surface area contributed by atoms with Crippen molar-refractivity contribution in [2.45, 2.75) is 37.8 Å². The van der Waals surface area contributed by atoms with Crippen molar-refractivity contribution in [3.8, 4) is 0 Å². The van der Waals surface area contributed by atoms with E-state index >= 15 is 0 Å². The Morgan fingerprint density at radius 1 is 1.53 bits per heavy atom. The lowest BCUT2D eigenvalue weighted by Gasteiger charge is -2.29. The minimum absolute atomic E-state index is 0.115. The van der Waals surface area contributed by atoms with Crippen LogP contribution in [0.25, 0.3) is 0 Å². The average Bonchev–Trinajstić information content (AvgIpc) is 2.73. The molecule has 2 saturated heterocycles. The van der Waals surface area contributed by atoms with Gasteiger partial charge in [-0.05, 0) is 13.3 Å². The maximum absolute atomic E-state index is 13.0. The second-order valence-corrected chi connectivity index (χ2v) is 4.16. The molecule has 3 atom stereocenters. The van der Waals surface area contributed by atoms with Gasteiger partial charge in [0.2, 0.25) is 0 Å². The largest absolute Gasteiger partial charge is 0.464 e. The zero-order valence-electron chi connectivity index (χ0n) is 9.25. The van der Waals surface area contributed by atoms with Crippen molar-refractivity contribution in [3.05, 3.63) is 0 Å². The van der Waals surface area contributed by atoms with E-state index in [4.69, 9.17) is 9.47 Å². The van der Waals surface area contributed by atoms with Gasteiger partial charge in [-0.25, -0.2) is 4.79 Å². The SMILES string of the molecule is CCOC(=O)[C@]1(C(F)(F)F)C[C@@H]2CCO[C@@H]2O1. The smallest absolute Gasteiger partial charge is 0.428 e. The van der Waals surface area contributed by atoms with Gasteiger partial charge in [-0.2, -0.15) is 13.2 Å². The van der Waals surface area contributed by atoms with E-state index in [0.717, 1.165) is 0 Å². The second kappa shape index (κ2) is 4.13. The highest BCUT2D eigenvalue weighted by Gasteiger charge is 2.69. The summed E-state index contributed by atoms with van der Waals surface area (Å²) in [6.07, 6.45) is -5.67. The quantitative estimate of drug-likeness (QED) is 0.703. The van der Waals surface area contributed by atoms with Crippen LogP contribution in [-0.2, 0) is 19.0 Å².